The van der Waals surface area contributed by atoms with Gasteiger partial charge in [0.05, 0.1) is 5.56 Å². The number of amides is 1. The van der Waals surface area contributed by atoms with Gasteiger partial charge in [-0.05, 0) is 18.2 Å². The Bertz CT molecular complexity index is 794. The zero-order valence-corrected chi connectivity index (χ0v) is 12.0. The molecule has 2 heterocycles. The van der Waals surface area contributed by atoms with Crippen molar-refractivity contribution in [3.05, 3.63) is 47.7 Å². The zero-order chi connectivity index (χ0) is 16.6. The molecular weight excluding hydrogens is 311 g/mol. The van der Waals surface area contributed by atoms with E-state index in [4.69, 9.17) is 4.74 Å². The molecule has 0 fully saturated rings. The fraction of sp³-hybridized carbons (Fsp3) is 0.200. The first kappa shape index (κ1) is 15.1. The number of aryl methyl sites for hydroxylation is 1. The molecule has 1 aliphatic rings. The van der Waals surface area contributed by atoms with E-state index in [1.807, 2.05) is 0 Å². The summed E-state index contributed by atoms with van der Waals surface area (Å²) >= 11 is 0. The van der Waals surface area contributed by atoms with Crippen molar-refractivity contribution in [3.8, 4) is 11.3 Å². The number of ether oxygens (including phenoxy) is 1. The van der Waals surface area contributed by atoms with Crippen LogP contribution in [-0.2, 0) is 18.0 Å². The maximum absolute atomic E-state index is 13.4. The third kappa shape index (κ3) is 2.92. The van der Waals surface area contributed by atoms with Gasteiger partial charge in [-0.3, -0.25) is 0 Å². The molecule has 0 atom stereocenters. The Hall–Kier alpha value is -2.77. The third-order valence-corrected chi connectivity index (χ3v) is 3.50. The van der Waals surface area contributed by atoms with Crippen molar-refractivity contribution in [2.45, 2.75) is 6.18 Å². The van der Waals surface area contributed by atoms with Crippen LogP contribution >= 0.6 is 0 Å². The van der Waals surface area contributed by atoms with E-state index in [0.29, 0.717) is 5.69 Å². The average Bonchev–Trinajstić information content (AvgIpc) is 2.93. The van der Waals surface area contributed by atoms with Crippen molar-refractivity contribution in [3.63, 3.8) is 0 Å². The molecule has 1 N–H and O–H groups in total. The van der Waals surface area contributed by atoms with E-state index in [0.717, 1.165) is 6.07 Å². The van der Waals surface area contributed by atoms with Crippen molar-refractivity contribution in [1.82, 2.24) is 9.99 Å². The van der Waals surface area contributed by atoms with E-state index in [9.17, 15) is 18.0 Å². The van der Waals surface area contributed by atoms with Gasteiger partial charge >= 0.3 is 12.3 Å². The minimum absolute atomic E-state index is 0.0788. The molecule has 120 valence electrons. The van der Waals surface area contributed by atoms with E-state index < -0.39 is 17.8 Å². The lowest BCUT2D eigenvalue weighted by Crippen LogP contribution is -2.30. The minimum Gasteiger partial charge on any atom is -0.442 e. The fourth-order valence-electron chi connectivity index (χ4n) is 2.38. The molecule has 1 aliphatic heterocycles. The highest BCUT2D eigenvalue weighted by Crippen LogP contribution is 2.37. The summed E-state index contributed by atoms with van der Waals surface area (Å²) < 4.78 is 46.6. The Morgan fingerprint density at radius 3 is 2.65 bits per heavy atom. The summed E-state index contributed by atoms with van der Waals surface area (Å²) in [5, 5.41) is 3.73. The van der Waals surface area contributed by atoms with Gasteiger partial charge in [-0.25, -0.2) is 10.2 Å². The summed E-state index contributed by atoms with van der Waals surface area (Å²) in [6.45, 7) is -0.174. The van der Waals surface area contributed by atoms with E-state index in [1.54, 1.807) is 29.9 Å². The molecule has 0 unspecified atom stereocenters. The SMILES string of the molecule is Cn1cccc1-c1ccc(C2=NNC(=O)OC2)cc1C(F)(F)F. The highest BCUT2D eigenvalue weighted by molar-refractivity contribution is 6.04. The summed E-state index contributed by atoms with van der Waals surface area (Å²) in [5.74, 6) is 0. The number of hydrogen-bond donors (Lipinski definition) is 1. The van der Waals surface area contributed by atoms with Crippen LogP contribution in [0.4, 0.5) is 18.0 Å². The number of carbonyl (C=O) groups excluding carboxylic acids is 1. The van der Waals surface area contributed by atoms with E-state index >= 15 is 0 Å². The molecule has 2 aromatic rings. The smallest absolute Gasteiger partial charge is 0.428 e. The Kier molecular flexibility index (Phi) is 3.59. The van der Waals surface area contributed by atoms with Crippen LogP contribution in [0.1, 0.15) is 11.1 Å². The molecule has 8 heteroatoms. The summed E-state index contributed by atoms with van der Waals surface area (Å²) in [5.41, 5.74) is 2.33. The predicted octanol–water partition coefficient (Wildman–Crippen LogP) is 3.15. The van der Waals surface area contributed by atoms with Crippen LogP contribution in [0.2, 0.25) is 0 Å². The lowest BCUT2D eigenvalue weighted by Gasteiger charge is -2.17. The van der Waals surface area contributed by atoms with Crippen LogP contribution < -0.4 is 5.43 Å². The van der Waals surface area contributed by atoms with Gasteiger partial charge < -0.3 is 9.30 Å². The number of hydrogen-bond acceptors (Lipinski definition) is 3. The van der Waals surface area contributed by atoms with Gasteiger partial charge in [0.15, 0.2) is 0 Å². The standard InChI is InChI=1S/C15H12F3N3O2/c1-21-6-2-3-13(21)10-5-4-9(7-11(10)15(16,17)18)12-8-23-14(22)20-19-12/h2-7H,8H2,1H3,(H,20,22). The van der Waals surface area contributed by atoms with Gasteiger partial charge in [0.2, 0.25) is 0 Å². The number of benzene rings is 1. The van der Waals surface area contributed by atoms with Crippen molar-refractivity contribution in [2.75, 3.05) is 6.61 Å². The monoisotopic (exact) mass is 323 g/mol. The highest BCUT2D eigenvalue weighted by Gasteiger charge is 2.35. The molecule has 0 spiro atoms. The van der Waals surface area contributed by atoms with Crippen molar-refractivity contribution >= 4 is 11.8 Å². The van der Waals surface area contributed by atoms with Gasteiger partial charge in [0.25, 0.3) is 0 Å². The maximum Gasteiger partial charge on any atom is 0.428 e. The average molecular weight is 323 g/mol. The summed E-state index contributed by atoms with van der Waals surface area (Å²) in [7, 11) is 1.68. The largest absolute Gasteiger partial charge is 0.442 e. The number of rotatable bonds is 2. The second-order valence-electron chi connectivity index (χ2n) is 5.01. The highest BCUT2D eigenvalue weighted by atomic mass is 19.4. The molecule has 0 radical (unpaired) electrons. The summed E-state index contributed by atoms with van der Waals surface area (Å²) in [6, 6.07) is 7.23. The molecule has 5 nitrogen and oxygen atoms in total. The fourth-order valence-corrected chi connectivity index (χ4v) is 2.38. The number of alkyl halides is 3. The normalized spacial score (nSPS) is 15.0. The predicted molar refractivity (Wildman–Crippen MR) is 76.9 cm³/mol. The second kappa shape index (κ2) is 5.45. The topological polar surface area (TPSA) is 55.6 Å². The number of nitrogens with zero attached hydrogens (tertiary/aromatic N) is 2. The second-order valence-corrected chi connectivity index (χ2v) is 5.01. The Labute approximate surface area is 129 Å². The summed E-state index contributed by atoms with van der Waals surface area (Å²) in [6.07, 6.45) is -3.57. The third-order valence-electron chi connectivity index (χ3n) is 3.50. The van der Waals surface area contributed by atoms with Gasteiger partial charge in [0.1, 0.15) is 12.3 Å². The molecule has 0 saturated heterocycles. The van der Waals surface area contributed by atoms with Crippen molar-refractivity contribution in [2.24, 2.45) is 12.1 Å². The van der Waals surface area contributed by atoms with Gasteiger partial charge in [0, 0.05) is 30.1 Å². The van der Waals surface area contributed by atoms with Crippen LogP contribution in [0, 0.1) is 0 Å². The Morgan fingerprint density at radius 2 is 2.09 bits per heavy atom. The first-order valence-electron chi connectivity index (χ1n) is 6.69. The molecule has 1 aromatic carbocycles. The van der Waals surface area contributed by atoms with Crippen LogP contribution in [0.3, 0.4) is 0 Å². The lowest BCUT2D eigenvalue weighted by molar-refractivity contribution is -0.137. The van der Waals surface area contributed by atoms with Gasteiger partial charge in [-0.1, -0.05) is 12.1 Å². The first-order valence-corrected chi connectivity index (χ1v) is 6.69. The van der Waals surface area contributed by atoms with Crippen LogP contribution in [0.25, 0.3) is 11.3 Å². The molecule has 1 aromatic heterocycles. The Morgan fingerprint density at radius 1 is 1.30 bits per heavy atom. The first-order chi connectivity index (χ1) is 10.9. The van der Waals surface area contributed by atoms with Crippen LogP contribution in [0.5, 0.6) is 0 Å². The summed E-state index contributed by atoms with van der Waals surface area (Å²) in [4.78, 5) is 10.9. The van der Waals surface area contributed by atoms with E-state index in [1.165, 1.54) is 12.1 Å². The number of aromatic nitrogens is 1. The van der Waals surface area contributed by atoms with Crippen molar-refractivity contribution < 1.29 is 22.7 Å². The van der Waals surface area contributed by atoms with E-state index in [-0.39, 0.29) is 23.4 Å². The number of nitrogens with one attached hydrogen (secondary N) is 1. The number of carbonyl (C=O) groups is 1. The maximum atomic E-state index is 13.4. The molecule has 1 amide bonds. The zero-order valence-electron chi connectivity index (χ0n) is 12.0. The number of hydrazone groups is 1. The molecule has 0 aliphatic carbocycles. The van der Waals surface area contributed by atoms with Gasteiger partial charge in [-0.2, -0.15) is 18.3 Å². The lowest BCUT2D eigenvalue weighted by atomic mass is 9.98. The quantitative estimate of drug-likeness (QED) is 0.923. The molecule has 3 rings (SSSR count). The van der Waals surface area contributed by atoms with Crippen LogP contribution in [0.15, 0.2) is 41.6 Å². The van der Waals surface area contributed by atoms with Gasteiger partial charge in [-0.15, -0.1) is 0 Å². The number of cyclic esters (lactones) is 1. The van der Waals surface area contributed by atoms with Crippen LogP contribution in [-0.4, -0.2) is 23.0 Å². The van der Waals surface area contributed by atoms with E-state index in [2.05, 4.69) is 10.5 Å². The van der Waals surface area contributed by atoms with Crippen molar-refractivity contribution in [1.29, 1.82) is 0 Å². The molecule has 23 heavy (non-hydrogen) atoms. The molecular formula is C15H12F3N3O2. The molecule has 0 bridgehead atoms. The number of halogens is 3. The molecule has 0 saturated carbocycles. The Balaban J connectivity index is 2.10. The minimum atomic E-state index is -4.52.